The van der Waals surface area contributed by atoms with Gasteiger partial charge in [-0.15, -0.1) is 0 Å². The van der Waals surface area contributed by atoms with Crippen molar-refractivity contribution < 1.29 is 0 Å². The van der Waals surface area contributed by atoms with Gasteiger partial charge in [-0.25, -0.2) is 9.97 Å². The number of fused-ring (bicyclic) bond motifs is 13. The second kappa shape index (κ2) is 11.4. The minimum absolute atomic E-state index is 0.649. The van der Waals surface area contributed by atoms with E-state index in [0.717, 1.165) is 67.0 Å². The molecule has 0 aliphatic carbocycles. The van der Waals surface area contributed by atoms with Crippen LogP contribution in [0.15, 0.2) is 188 Å². The van der Waals surface area contributed by atoms with Crippen LogP contribution in [0.5, 0.6) is 0 Å². The summed E-state index contributed by atoms with van der Waals surface area (Å²) in [6.07, 6.45) is 0. The van der Waals surface area contributed by atoms with Gasteiger partial charge in [-0.05, 0) is 76.1 Å². The topological polar surface area (TPSA) is 38.9 Å². The molecule has 0 fully saturated rings. The average Bonchev–Trinajstić information content (AvgIpc) is 3.81. The van der Waals surface area contributed by atoms with Crippen molar-refractivity contribution in [2.75, 3.05) is 4.90 Å². The van der Waals surface area contributed by atoms with Crippen molar-refractivity contribution in [3.8, 4) is 22.9 Å². The lowest BCUT2D eigenvalue weighted by Crippen LogP contribution is -2.16. The van der Waals surface area contributed by atoms with Gasteiger partial charge in [0.1, 0.15) is 0 Å². The summed E-state index contributed by atoms with van der Waals surface area (Å²) < 4.78 is 4.81. The molecular formula is C52H31N5. The van der Waals surface area contributed by atoms with Crippen molar-refractivity contribution in [2.45, 2.75) is 0 Å². The largest absolute Gasteiger partial charge is 0.309 e. The molecule has 0 N–H and O–H groups in total. The predicted molar refractivity (Wildman–Crippen MR) is 237 cm³/mol. The molecule has 0 amide bonds. The smallest absolute Gasteiger partial charge is 0.235 e. The Morgan fingerprint density at radius 1 is 0.368 bits per heavy atom. The van der Waals surface area contributed by atoms with Gasteiger partial charge in [0.15, 0.2) is 0 Å². The lowest BCUT2D eigenvalue weighted by Gasteiger charge is -2.32. The normalized spacial score (nSPS) is 12.5. The number of nitrogens with zero attached hydrogens (tertiary/aromatic N) is 5. The molecule has 0 bridgehead atoms. The van der Waals surface area contributed by atoms with Crippen LogP contribution in [0.3, 0.4) is 0 Å². The van der Waals surface area contributed by atoms with E-state index in [-0.39, 0.29) is 0 Å². The molecule has 0 spiro atoms. The number of aromatic nitrogens is 4. The first-order valence-corrected chi connectivity index (χ1v) is 19.4. The number of rotatable bonds is 3. The SMILES string of the molecule is c1ccc(N2c3ccccc3-c3nc(-n4c5ccccc5c5c6ccccc6c6c7ccccc7n(-c7ccc8ccccc8c7)c6c54)nc4cccc2c34)cc1. The zero-order chi connectivity index (χ0) is 37.2. The molecule has 4 heterocycles. The minimum Gasteiger partial charge on any atom is -0.309 e. The molecule has 1 aliphatic rings. The standard InChI is InChI=1S/C52H31N5/c1-2-17-34(18-3-1)55-44-27-13-10-23-40(44)49-48-41(24-14-28-45(48)55)53-52(54-49)57-43-26-12-9-22-39(43)47-37-20-7-6-19-36(37)46-38-21-8-11-25-42(38)56(50(46)51(47)57)35-30-29-32-15-4-5-16-33(32)31-35/h1-31H. The molecule has 0 unspecified atom stereocenters. The number of benzene rings is 9. The Labute approximate surface area is 326 Å². The Kier molecular flexibility index (Phi) is 6.10. The molecule has 1 aliphatic heterocycles. The fourth-order valence-electron chi connectivity index (χ4n) is 9.67. The van der Waals surface area contributed by atoms with Gasteiger partial charge in [0, 0.05) is 38.5 Å². The van der Waals surface area contributed by atoms with Crippen LogP contribution in [-0.4, -0.2) is 19.1 Å². The van der Waals surface area contributed by atoms with E-state index in [9.17, 15) is 0 Å². The van der Waals surface area contributed by atoms with Gasteiger partial charge < -0.3 is 9.47 Å². The highest BCUT2D eigenvalue weighted by Crippen LogP contribution is 2.51. The van der Waals surface area contributed by atoms with E-state index in [2.05, 4.69) is 202 Å². The van der Waals surface area contributed by atoms with Crippen LogP contribution in [0.1, 0.15) is 0 Å². The summed E-state index contributed by atoms with van der Waals surface area (Å²) in [7, 11) is 0. The summed E-state index contributed by atoms with van der Waals surface area (Å²) in [5.41, 5.74) is 11.8. The van der Waals surface area contributed by atoms with E-state index >= 15 is 0 Å². The fourth-order valence-corrected chi connectivity index (χ4v) is 9.67. The predicted octanol–water partition coefficient (Wildman–Crippen LogP) is 13.6. The summed E-state index contributed by atoms with van der Waals surface area (Å²) in [6, 6.07) is 67.6. The molecule has 0 saturated carbocycles. The number of hydrogen-bond acceptors (Lipinski definition) is 3. The molecule has 9 aromatic carbocycles. The first kappa shape index (κ1) is 30.6. The van der Waals surface area contributed by atoms with E-state index in [4.69, 9.17) is 9.97 Å². The summed E-state index contributed by atoms with van der Waals surface area (Å²) >= 11 is 0. The van der Waals surface area contributed by atoms with Crippen molar-refractivity contribution in [1.82, 2.24) is 19.1 Å². The van der Waals surface area contributed by atoms with Gasteiger partial charge in [-0.3, -0.25) is 4.57 Å². The molecule has 0 radical (unpaired) electrons. The van der Waals surface area contributed by atoms with Gasteiger partial charge >= 0.3 is 0 Å². The number of para-hydroxylation sites is 4. The molecule has 5 nitrogen and oxygen atoms in total. The lowest BCUT2D eigenvalue weighted by atomic mass is 9.96. The van der Waals surface area contributed by atoms with Crippen LogP contribution in [-0.2, 0) is 0 Å². The van der Waals surface area contributed by atoms with Gasteiger partial charge in [0.25, 0.3) is 0 Å². The molecule has 12 aromatic rings. The van der Waals surface area contributed by atoms with Crippen LogP contribution in [0.4, 0.5) is 17.1 Å². The maximum Gasteiger partial charge on any atom is 0.235 e. The van der Waals surface area contributed by atoms with Crippen molar-refractivity contribution in [3.05, 3.63) is 188 Å². The van der Waals surface area contributed by atoms with Crippen LogP contribution in [0.25, 0.3) is 99.0 Å². The van der Waals surface area contributed by atoms with Crippen LogP contribution >= 0.6 is 0 Å². The van der Waals surface area contributed by atoms with E-state index in [0.29, 0.717) is 5.95 Å². The Morgan fingerprint density at radius 3 is 1.74 bits per heavy atom. The molecule has 57 heavy (non-hydrogen) atoms. The molecule has 264 valence electrons. The summed E-state index contributed by atoms with van der Waals surface area (Å²) in [6.45, 7) is 0. The van der Waals surface area contributed by atoms with E-state index in [1.807, 2.05) is 0 Å². The maximum atomic E-state index is 5.64. The first-order chi connectivity index (χ1) is 28.3. The highest BCUT2D eigenvalue weighted by Gasteiger charge is 2.30. The van der Waals surface area contributed by atoms with Gasteiger partial charge in [0.05, 0.1) is 50.0 Å². The second-order valence-electron chi connectivity index (χ2n) is 15.0. The van der Waals surface area contributed by atoms with Crippen molar-refractivity contribution in [3.63, 3.8) is 0 Å². The molecular weight excluding hydrogens is 695 g/mol. The molecule has 13 rings (SSSR count). The highest BCUT2D eigenvalue weighted by atomic mass is 15.2. The minimum atomic E-state index is 0.649. The van der Waals surface area contributed by atoms with Crippen LogP contribution in [0, 0.1) is 0 Å². The quantitative estimate of drug-likeness (QED) is 0.182. The van der Waals surface area contributed by atoms with Gasteiger partial charge in [-0.2, -0.15) is 0 Å². The molecule has 3 aromatic heterocycles. The lowest BCUT2D eigenvalue weighted by molar-refractivity contribution is 1.01. The van der Waals surface area contributed by atoms with Crippen molar-refractivity contribution >= 4 is 93.1 Å². The highest BCUT2D eigenvalue weighted by molar-refractivity contribution is 6.36. The van der Waals surface area contributed by atoms with Crippen LogP contribution in [0.2, 0.25) is 0 Å². The zero-order valence-electron chi connectivity index (χ0n) is 30.6. The zero-order valence-corrected chi connectivity index (χ0v) is 30.6. The Hall–Kier alpha value is -7.76. The maximum absolute atomic E-state index is 5.64. The molecule has 0 atom stereocenters. The third-order valence-corrected chi connectivity index (χ3v) is 12.0. The van der Waals surface area contributed by atoms with Crippen LogP contribution < -0.4 is 4.90 Å². The Balaban J connectivity index is 1.23. The van der Waals surface area contributed by atoms with Gasteiger partial charge in [-0.1, -0.05) is 133 Å². The third-order valence-electron chi connectivity index (χ3n) is 12.0. The van der Waals surface area contributed by atoms with E-state index in [1.54, 1.807) is 0 Å². The molecule has 5 heteroatoms. The number of anilines is 3. The summed E-state index contributed by atoms with van der Waals surface area (Å²) in [5.74, 6) is 0.649. The van der Waals surface area contributed by atoms with Crippen molar-refractivity contribution in [1.29, 1.82) is 0 Å². The third kappa shape index (κ3) is 4.12. The second-order valence-corrected chi connectivity index (χ2v) is 15.0. The average molecular weight is 726 g/mol. The first-order valence-electron chi connectivity index (χ1n) is 19.4. The van der Waals surface area contributed by atoms with Crippen molar-refractivity contribution in [2.24, 2.45) is 0 Å². The Morgan fingerprint density at radius 2 is 0.965 bits per heavy atom. The Bertz CT molecular complexity index is 3650. The van der Waals surface area contributed by atoms with E-state index < -0.39 is 0 Å². The van der Waals surface area contributed by atoms with Gasteiger partial charge in [0.2, 0.25) is 5.95 Å². The van der Waals surface area contributed by atoms with E-state index in [1.165, 1.54) is 43.1 Å². The monoisotopic (exact) mass is 725 g/mol. The number of hydrogen-bond donors (Lipinski definition) is 0. The summed E-state index contributed by atoms with van der Waals surface area (Å²) in [4.78, 5) is 13.5. The molecule has 0 saturated heterocycles. The summed E-state index contributed by atoms with van der Waals surface area (Å²) in [5, 5.41) is 10.7. The fraction of sp³-hybridized carbons (Fsp3) is 0.